The van der Waals surface area contributed by atoms with Crippen LogP contribution in [0.25, 0.3) is 0 Å². The molecule has 0 aromatic carbocycles. The summed E-state index contributed by atoms with van der Waals surface area (Å²) in [5.74, 6) is 0. The minimum absolute atomic E-state index is 0.127. The first kappa shape index (κ1) is 18.3. The van der Waals surface area contributed by atoms with Crippen molar-refractivity contribution in [1.82, 2.24) is 9.21 Å². The van der Waals surface area contributed by atoms with Crippen molar-refractivity contribution in [2.24, 2.45) is 0 Å². The Morgan fingerprint density at radius 1 is 1.33 bits per heavy atom. The lowest BCUT2D eigenvalue weighted by atomic mass is 9.99. The van der Waals surface area contributed by atoms with Gasteiger partial charge in [-0.2, -0.15) is 4.31 Å². The fraction of sp³-hybridized carbons (Fsp3) is 0.765. The van der Waals surface area contributed by atoms with Crippen LogP contribution in [0, 0.1) is 13.8 Å². The summed E-state index contributed by atoms with van der Waals surface area (Å²) < 4.78 is 35.3. The van der Waals surface area contributed by atoms with Crippen LogP contribution in [0.1, 0.15) is 36.1 Å². The molecule has 1 saturated heterocycles. The van der Waals surface area contributed by atoms with Crippen molar-refractivity contribution in [2.75, 3.05) is 33.8 Å². The Kier molecular flexibility index (Phi) is 5.10. The highest BCUT2D eigenvalue weighted by Crippen LogP contribution is 2.40. The van der Waals surface area contributed by atoms with Gasteiger partial charge in [-0.1, -0.05) is 12.8 Å². The molecule has 0 amide bonds. The summed E-state index contributed by atoms with van der Waals surface area (Å²) in [7, 11) is 0.470. The summed E-state index contributed by atoms with van der Waals surface area (Å²) in [5.41, 5.74) is 0.587. The second kappa shape index (κ2) is 6.68. The normalized spacial score (nSPS) is 25.0. The van der Waals surface area contributed by atoms with Gasteiger partial charge in [0, 0.05) is 18.0 Å². The van der Waals surface area contributed by atoms with Crippen molar-refractivity contribution in [3.8, 4) is 0 Å². The molecule has 2 heterocycles. The smallest absolute Gasteiger partial charge is 0.253 e. The van der Waals surface area contributed by atoms with Crippen LogP contribution in [0.15, 0.2) is 10.3 Å². The molecule has 3 rings (SSSR count). The molecule has 1 unspecified atom stereocenters. The lowest BCUT2D eigenvalue weighted by Crippen LogP contribution is -2.59. The number of aryl methyl sites for hydroxylation is 2. The molecule has 1 atom stereocenters. The van der Waals surface area contributed by atoms with E-state index in [1.807, 2.05) is 38.9 Å². The van der Waals surface area contributed by atoms with Crippen molar-refractivity contribution >= 4 is 21.4 Å². The number of morpholine rings is 1. The molecule has 1 saturated carbocycles. The molecule has 1 aromatic heterocycles. The minimum atomic E-state index is -3.48. The lowest BCUT2D eigenvalue weighted by Gasteiger charge is -2.45. The number of ether oxygens (including phenoxy) is 1. The minimum Gasteiger partial charge on any atom is -0.372 e. The molecule has 24 heavy (non-hydrogen) atoms. The van der Waals surface area contributed by atoms with Gasteiger partial charge in [0.25, 0.3) is 10.0 Å². The zero-order chi connectivity index (χ0) is 17.5. The fourth-order valence-corrected chi connectivity index (χ4v) is 7.42. The Balaban J connectivity index is 1.96. The topological polar surface area (TPSA) is 49.9 Å². The van der Waals surface area contributed by atoms with Gasteiger partial charge in [-0.05, 0) is 52.4 Å². The van der Waals surface area contributed by atoms with E-state index < -0.39 is 10.0 Å². The largest absolute Gasteiger partial charge is 0.372 e. The number of thiophene rings is 1. The van der Waals surface area contributed by atoms with E-state index in [9.17, 15) is 8.42 Å². The molecule has 0 N–H and O–H groups in total. The van der Waals surface area contributed by atoms with Crippen molar-refractivity contribution in [3.63, 3.8) is 0 Å². The summed E-state index contributed by atoms with van der Waals surface area (Å²) in [6.07, 6.45) is 4.19. The number of rotatable bonds is 4. The highest BCUT2D eigenvalue weighted by molar-refractivity contribution is 7.91. The highest BCUT2D eigenvalue weighted by Gasteiger charge is 2.47. The van der Waals surface area contributed by atoms with E-state index in [4.69, 9.17) is 4.74 Å². The van der Waals surface area contributed by atoms with E-state index in [1.165, 1.54) is 11.3 Å². The number of likely N-dealkylation sites (N-methyl/N-ethyl adjacent to an activating group) is 1. The fourth-order valence-electron chi connectivity index (χ4n) is 3.97. The summed E-state index contributed by atoms with van der Waals surface area (Å²) >= 11 is 1.38. The maximum Gasteiger partial charge on any atom is 0.253 e. The lowest BCUT2D eigenvalue weighted by molar-refractivity contribution is -0.109. The Morgan fingerprint density at radius 2 is 2.00 bits per heavy atom. The van der Waals surface area contributed by atoms with E-state index in [1.54, 1.807) is 4.31 Å². The van der Waals surface area contributed by atoms with Gasteiger partial charge in [-0.15, -0.1) is 11.3 Å². The Labute approximate surface area is 149 Å². The van der Waals surface area contributed by atoms with Crippen molar-refractivity contribution in [3.05, 3.63) is 16.5 Å². The van der Waals surface area contributed by atoms with Gasteiger partial charge in [0.15, 0.2) is 0 Å². The number of hydrogen-bond acceptors (Lipinski definition) is 5. The third-order valence-electron chi connectivity index (χ3n) is 5.06. The van der Waals surface area contributed by atoms with E-state index >= 15 is 0 Å². The molecule has 2 fully saturated rings. The van der Waals surface area contributed by atoms with E-state index in [0.717, 1.165) is 36.1 Å². The van der Waals surface area contributed by atoms with Gasteiger partial charge >= 0.3 is 0 Å². The maximum atomic E-state index is 13.4. The number of hydrogen-bond donors (Lipinski definition) is 0. The average molecular weight is 373 g/mol. The maximum absolute atomic E-state index is 13.4. The molecule has 136 valence electrons. The first-order valence-corrected chi connectivity index (χ1v) is 10.9. The molecule has 1 aliphatic carbocycles. The van der Waals surface area contributed by atoms with Crippen LogP contribution in [-0.4, -0.2) is 63.1 Å². The third-order valence-corrected chi connectivity index (χ3v) is 8.73. The predicted molar refractivity (Wildman–Crippen MR) is 97.2 cm³/mol. The Hall–Kier alpha value is -0.470. The number of sulfonamides is 1. The molecule has 1 spiro atoms. The van der Waals surface area contributed by atoms with Crippen molar-refractivity contribution in [2.45, 2.75) is 55.4 Å². The zero-order valence-corrected chi connectivity index (χ0v) is 16.7. The van der Waals surface area contributed by atoms with Gasteiger partial charge in [0.05, 0.1) is 18.2 Å². The molecule has 1 aliphatic heterocycles. The molecular formula is C17H28N2O3S2. The van der Waals surface area contributed by atoms with Crippen LogP contribution in [0.4, 0.5) is 0 Å². The van der Waals surface area contributed by atoms with Gasteiger partial charge < -0.3 is 9.64 Å². The summed E-state index contributed by atoms with van der Waals surface area (Å²) in [5, 5.41) is 0. The van der Waals surface area contributed by atoms with Gasteiger partial charge in [-0.3, -0.25) is 0 Å². The SMILES string of the molecule is Cc1cc(C)c(S(=O)(=O)N2CC3(CCCC3)OCC2CN(C)C)s1. The van der Waals surface area contributed by atoms with Crippen LogP contribution in [-0.2, 0) is 14.8 Å². The first-order valence-electron chi connectivity index (χ1n) is 8.61. The quantitative estimate of drug-likeness (QED) is 0.815. The monoisotopic (exact) mass is 372 g/mol. The Morgan fingerprint density at radius 3 is 2.54 bits per heavy atom. The van der Waals surface area contributed by atoms with E-state index in [2.05, 4.69) is 0 Å². The van der Waals surface area contributed by atoms with Gasteiger partial charge in [0.2, 0.25) is 0 Å². The second-order valence-corrected chi connectivity index (χ2v) is 10.8. The summed E-state index contributed by atoms with van der Waals surface area (Å²) in [6, 6.07) is 1.84. The summed E-state index contributed by atoms with van der Waals surface area (Å²) in [6.45, 7) is 5.51. The second-order valence-electron chi connectivity index (χ2n) is 7.49. The van der Waals surface area contributed by atoms with Crippen LogP contribution in [0.5, 0.6) is 0 Å². The van der Waals surface area contributed by atoms with Crippen LogP contribution in [0.2, 0.25) is 0 Å². The molecule has 0 radical (unpaired) electrons. The molecule has 1 aromatic rings. The molecular weight excluding hydrogens is 344 g/mol. The van der Waals surface area contributed by atoms with Crippen molar-refractivity contribution < 1.29 is 13.2 Å². The zero-order valence-electron chi connectivity index (χ0n) is 15.0. The van der Waals surface area contributed by atoms with Crippen molar-refractivity contribution in [1.29, 1.82) is 0 Å². The van der Waals surface area contributed by atoms with Crippen LogP contribution >= 0.6 is 11.3 Å². The van der Waals surface area contributed by atoms with E-state index in [0.29, 0.717) is 23.9 Å². The summed E-state index contributed by atoms with van der Waals surface area (Å²) in [4.78, 5) is 3.08. The van der Waals surface area contributed by atoms with Crippen LogP contribution < -0.4 is 0 Å². The predicted octanol–water partition coefficient (Wildman–Crippen LogP) is 2.63. The van der Waals surface area contributed by atoms with E-state index in [-0.39, 0.29) is 11.6 Å². The molecule has 5 nitrogen and oxygen atoms in total. The standard InChI is InChI=1S/C17H28N2O3S2/c1-13-9-14(2)23-16(13)24(20,21)19-12-17(7-5-6-8-17)22-11-15(19)10-18(3)4/h9,15H,5-8,10-12H2,1-4H3. The molecule has 0 bridgehead atoms. The van der Waals surface area contributed by atoms with Crippen LogP contribution in [0.3, 0.4) is 0 Å². The Bertz CT molecular complexity index is 691. The third kappa shape index (κ3) is 3.42. The highest BCUT2D eigenvalue weighted by atomic mass is 32.2. The van der Waals surface area contributed by atoms with Gasteiger partial charge in [0.1, 0.15) is 4.21 Å². The molecule has 2 aliphatic rings. The average Bonchev–Trinajstić information content (AvgIpc) is 3.07. The molecule has 7 heteroatoms. The first-order chi connectivity index (χ1) is 11.2. The van der Waals surface area contributed by atoms with Gasteiger partial charge in [-0.25, -0.2) is 8.42 Å². The number of nitrogens with zero attached hydrogens (tertiary/aromatic N) is 2.